The molecule has 0 bridgehead atoms. The molecule has 1 N–H and O–H groups in total. The van der Waals surface area contributed by atoms with Crippen LogP contribution in [0.15, 0.2) is 24.3 Å². The van der Waals surface area contributed by atoms with Crippen LogP contribution in [-0.4, -0.2) is 30.6 Å². The van der Waals surface area contributed by atoms with Crippen molar-refractivity contribution in [3.63, 3.8) is 0 Å². The number of likely N-dealkylation sites (tertiary alicyclic amines) is 1. The molecule has 1 aromatic rings. The fourth-order valence-corrected chi connectivity index (χ4v) is 2.71. The fourth-order valence-electron chi connectivity index (χ4n) is 2.71. The summed E-state index contributed by atoms with van der Waals surface area (Å²) in [6.45, 7) is 8.00. The molecule has 18 heavy (non-hydrogen) atoms. The Labute approximate surface area is 109 Å². The van der Waals surface area contributed by atoms with E-state index in [0.717, 1.165) is 12.2 Å². The third-order valence-corrected chi connectivity index (χ3v) is 3.93. The first-order valence-electron chi connectivity index (χ1n) is 6.93. The molecule has 1 heterocycles. The van der Waals surface area contributed by atoms with E-state index in [4.69, 9.17) is 0 Å². The van der Waals surface area contributed by atoms with Crippen LogP contribution in [-0.2, 0) is 0 Å². The molecule has 3 heteroatoms. The molecule has 0 aliphatic carbocycles. The number of nitrogens with zero attached hydrogens (tertiary/aromatic N) is 1. The summed E-state index contributed by atoms with van der Waals surface area (Å²) >= 11 is 0. The molecule has 2 unspecified atom stereocenters. The van der Waals surface area contributed by atoms with Crippen LogP contribution >= 0.6 is 0 Å². The molecule has 1 aromatic carbocycles. The fraction of sp³-hybridized carbons (Fsp3) is 0.600. The molecule has 0 radical (unpaired) electrons. The standard InChI is InChI=1S/C15H23FN2/c1-3-18-10-4-5-13(11-18)12(2)17-15-8-6-14(16)7-9-15/h6-9,12-13,17H,3-5,10-11H2,1-2H3. The highest BCUT2D eigenvalue weighted by Crippen LogP contribution is 2.22. The molecule has 0 saturated carbocycles. The van der Waals surface area contributed by atoms with Crippen LogP contribution in [0.4, 0.5) is 10.1 Å². The first-order valence-corrected chi connectivity index (χ1v) is 6.93. The van der Waals surface area contributed by atoms with Crippen molar-refractivity contribution < 1.29 is 4.39 Å². The third kappa shape index (κ3) is 3.45. The largest absolute Gasteiger partial charge is 0.382 e. The Kier molecular flexibility index (Phi) is 4.59. The van der Waals surface area contributed by atoms with Crippen molar-refractivity contribution in [2.45, 2.75) is 32.7 Å². The minimum Gasteiger partial charge on any atom is -0.382 e. The molecule has 100 valence electrons. The van der Waals surface area contributed by atoms with Crippen molar-refractivity contribution in [3.05, 3.63) is 30.1 Å². The van der Waals surface area contributed by atoms with Gasteiger partial charge in [-0.05, 0) is 63.0 Å². The molecule has 1 aliphatic heterocycles. The quantitative estimate of drug-likeness (QED) is 0.881. The number of rotatable bonds is 4. The van der Waals surface area contributed by atoms with Crippen molar-refractivity contribution in [2.24, 2.45) is 5.92 Å². The van der Waals surface area contributed by atoms with E-state index in [1.165, 1.54) is 38.1 Å². The van der Waals surface area contributed by atoms with Crippen LogP contribution < -0.4 is 5.32 Å². The van der Waals surface area contributed by atoms with Crippen molar-refractivity contribution in [1.29, 1.82) is 0 Å². The van der Waals surface area contributed by atoms with Gasteiger partial charge < -0.3 is 10.2 Å². The van der Waals surface area contributed by atoms with E-state index in [0.29, 0.717) is 12.0 Å². The monoisotopic (exact) mass is 250 g/mol. The topological polar surface area (TPSA) is 15.3 Å². The van der Waals surface area contributed by atoms with Crippen LogP contribution in [0, 0.1) is 11.7 Å². The van der Waals surface area contributed by atoms with Crippen molar-refractivity contribution in [2.75, 3.05) is 25.0 Å². The Morgan fingerprint density at radius 3 is 2.78 bits per heavy atom. The number of halogens is 1. The van der Waals surface area contributed by atoms with Gasteiger partial charge in [0.1, 0.15) is 5.82 Å². The smallest absolute Gasteiger partial charge is 0.123 e. The van der Waals surface area contributed by atoms with Crippen LogP contribution in [0.2, 0.25) is 0 Å². The maximum absolute atomic E-state index is 12.8. The van der Waals surface area contributed by atoms with Gasteiger partial charge in [0, 0.05) is 18.3 Å². The van der Waals surface area contributed by atoms with Gasteiger partial charge in [-0.2, -0.15) is 0 Å². The van der Waals surface area contributed by atoms with Gasteiger partial charge >= 0.3 is 0 Å². The molecule has 2 atom stereocenters. The number of hydrogen-bond acceptors (Lipinski definition) is 2. The van der Waals surface area contributed by atoms with E-state index in [1.807, 2.05) is 12.1 Å². The highest BCUT2D eigenvalue weighted by atomic mass is 19.1. The summed E-state index contributed by atoms with van der Waals surface area (Å²) in [6.07, 6.45) is 2.57. The van der Waals surface area contributed by atoms with Crippen LogP contribution in [0.1, 0.15) is 26.7 Å². The Balaban J connectivity index is 1.90. The predicted molar refractivity (Wildman–Crippen MR) is 74.3 cm³/mol. The summed E-state index contributed by atoms with van der Waals surface area (Å²) in [7, 11) is 0. The molecule has 1 saturated heterocycles. The summed E-state index contributed by atoms with van der Waals surface area (Å²) in [4.78, 5) is 2.51. The number of benzene rings is 1. The molecule has 0 spiro atoms. The number of nitrogens with one attached hydrogen (secondary N) is 1. The zero-order chi connectivity index (χ0) is 13.0. The molecule has 2 rings (SSSR count). The zero-order valence-electron chi connectivity index (χ0n) is 11.3. The molecule has 2 nitrogen and oxygen atoms in total. The SMILES string of the molecule is CCN1CCCC(C(C)Nc2ccc(F)cc2)C1. The van der Waals surface area contributed by atoms with Gasteiger partial charge in [-0.15, -0.1) is 0 Å². The van der Waals surface area contributed by atoms with Gasteiger partial charge in [0.05, 0.1) is 0 Å². The summed E-state index contributed by atoms with van der Waals surface area (Å²) in [6, 6.07) is 7.07. The lowest BCUT2D eigenvalue weighted by Crippen LogP contribution is -2.41. The van der Waals surface area contributed by atoms with Crippen molar-refractivity contribution in [3.8, 4) is 0 Å². The summed E-state index contributed by atoms with van der Waals surface area (Å²) in [5.41, 5.74) is 1.01. The summed E-state index contributed by atoms with van der Waals surface area (Å²) in [5, 5.41) is 3.49. The predicted octanol–water partition coefficient (Wildman–Crippen LogP) is 3.36. The Hall–Kier alpha value is -1.09. The maximum Gasteiger partial charge on any atom is 0.123 e. The second-order valence-corrected chi connectivity index (χ2v) is 5.24. The first kappa shape index (κ1) is 13.3. The number of hydrogen-bond donors (Lipinski definition) is 1. The van der Waals surface area contributed by atoms with E-state index < -0.39 is 0 Å². The van der Waals surface area contributed by atoms with Gasteiger partial charge in [-0.1, -0.05) is 6.92 Å². The van der Waals surface area contributed by atoms with Crippen LogP contribution in [0.5, 0.6) is 0 Å². The van der Waals surface area contributed by atoms with Crippen LogP contribution in [0.3, 0.4) is 0 Å². The minimum absolute atomic E-state index is 0.178. The highest BCUT2D eigenvalue weighted by Gasteiger charge is 2.23. The lowest BCUT2D eigenvalue weighted by molar-refractivity contribution is 0.172. The summed E-state index contributed by atoms with van der Waals surface area (Å²) < 4.78 is 12.8. The molecule has 0 aromatic heterocycles. The van der Waals surface area contributed by atoms with E-state index in [2.05, 4.69) is 24.1 Å². The zero-order valence-corrected chi connectivity index (χ0v) is 11.3. The van der Waals surface area contributed by atoms with E-state index in [9.17, 15) is 4.39 Å². The average Bonchev–Trinajstić information content (AvgIpc) is 2.41. The normalized spacial score (nSPS) is 22.7. The third-order valence-electron chi connectivity index (χ3n) is 3.93. The lowest BCUT2D eigenvalue weighted by atomic mass is 9.91. The van der Waals surface area contributed by atoms with Crippen LogP contribution in [0.25, 0.3) is 0 Å². The van der Waals surface area contributed by atoms with Gasteiger partial charge in [0.15, 0.2) is 0 Å². The minimum atomic E-state index is -0.178. The molecular weight excluding hydrogens is 227 g/mol. The molecule has 1 fully saturated rings. The Morgan fingerprint density at radius 2 is 2.11 bits per heavy atom. The molecule has 1 aliphatic rings. The molecule has 0 amide bonds. The number of anilines is 1. The lowest BCUT2D eigenvalue weighted by Gasteiger charge is -2.35. The van der Waals surface area contributed by atoms with Crippen molar-refractivity contribution in [1.82, 2.24) is 4.90 Å². The molecular formula is C15H23FN2. The Morgan fingerprint density at radius 1 is 1.39 bits per heavy atom. The highest BCUT2D eigenvalue weighted by molar-refractivity contribution is 5.43. The van der Waals surface area contributed by atoms with Gasteiger partial charge in [0.2, 0.25) is 0 Å². The second kappa shape index (κ2) is 6.19. The maximum atomic E-state index is 12.8. The van der Waals surface area contributed by atoms with Crippen molar-refractivity contribution >= 4 is 5.69 Å². The Bertz CT molecular complexity index is 363. The van der Waals surface area contributed by atoms with Gasteiger partial charge in [-0.3, -0.25) is 0 Å². The average molecular weight is 250 g/mol. The first-order chi connectivity index (χ1) is 8.69. The summed E-state index contributed by atoms with van der Waals surface area (Å²) in [5.74, 6) is 0.506. The van der Waals surface area contributed by atoms with Gasteiger partial charge in [-0.25, -0.2) is 4.39 Å². The van der Waals surface area contributed by atoms with E-state index in [-0.39, 0.29) is 5.82 Å². The van der Waals surface area contributed by atoms with E-state index >= 15 is 0 Å². The van der Waals surface area contributed by atoms with E-state index in [1.54, 1.807) is 0 Å². The second-order valence-electron chi connectivity index (χ2n) is 5.24. The number of piperidine rings is 1. The van der Waals surface area contributed by atoms with Gasteiger partial charge in [0.25, 0.3) is 0 Å².